The molecule has 1 N–H and O–H groups in total. The minimum absolute atomic E-state index is 0.0661. The van der Waals surface area contributed by atoms with Crippen LogP contribution in [0.1, 0.15) is 40.0 Å². The van der Waals surface area contributed by atoms with E-state index in [1.165, 1.54) is 4.90 Å². The molecule has 0 aromatic heterocycles. The molecule has 1 amide bonds. The molecule has 2 saturated heterocycles. The number of ether oxygens (including phenoxy) is 1. The van der Waals surface area contributed by atoms with Gasteiger partial charge in [0.05, 0.1) is 6.04 Å². The highest BCUT2D eigenvalue weighted by atomic mass is 19.1. The van der Waals surface area contributed by atoms with Crippen LogP contribution in [0.25, 0.3) is 0 Å². The molecule has 2 bridgehead atoms. The van der Waals surface area contributed by atoms with Crippen molar-refractivity contribution in [2.75, 3.05) is 6.54 Å². The van der Waals surface area contributed by atoms with E-state index in [1.54, 1.807) is 26.8 Å². The molecule has 5 heteroatoms. The first-order valence-electron chi connectivity index (χ1n) is 6.82. The normalized spacial score (nSPS) is 34.2. The highest BCUT2D eigenvalue weighted by Gasteiger charge is 2.56. The van der Waals surface area contributed by atoms with Crippen molar-refractivity contribution in [1.82, 2.24) is 10.2 Å². The lowest BCUT2D eigenvalue weighted by Gasteiger charge is -2.43. The van der Waals surface area contributed by atoms with Gasteiger partial charge in [-0.05, 0) is 33.6 Å². The Morgan fingerprint density at radius 2 is 2.32 bits per heavy atom. The van der Waals surface area contributed by atoms with Crippen molar-refractivity contribution < 1.29 is 13.9 Å². The van der Waals surface area contributed by atoms with E-state index in [0.29, 0.717) is 12.8 Å². The highest BCUT2D eigenvalue weighted by Crippen LogP contribution is 2.41. The van der Waals surface area contributed by atoms with Crippen molar-refractivity contribution in [2.45, 2.75) is 63.5 Å². The Bertz CT molecular complexity index is 380. The predicted molar refractivity (Wildman–Crippen MR) is 71.5 cm³/mol. The first-order chi connectivity index (χ1) is 8.77. The zero-order valence-electron chi connectivity index (χ0n) is 11.9. The molecule has 2 fully saturated rings. The van der Waals surface area contributed by atoms with E-state index < -0.39 is 17.5 Å². The van der Waals surface area contributed by atoms with Crippen LogP contribution < -0.4 is 5.32 Å². The van der Waals surface area contributed by atoms with E-state index in [1.807, 2.05) is 0 Å². The molecular weight excluding hydrogens is 247 g/mol. The van der Waals surface area contributed by atoms with Crippen LogP contribution in [0.3, 0.4) is 0 Å². The molecule has 2 heterocycles. The maximum Gasteiger partial charge on any atom is 0.413 e. The molecule has 0 unspecified atom stereocenters. The summed E-state index contributed by atoms with van der Waals surface area (Å²) in [4.78, 5) is 13.5. The lowest BCUT2D eigenvalue weighted by atomic mass is 10.0. The summed E-state index contributed by atoms with van der Waals surface area (Å²) >= 11 is 0. The lowest BCUT2D eigenvalue weighted by Crippen LogP contribution is -2.64. The molecule has 19 heavy (non-hydrogen) atoms. The summed E-state index contributed by atoms with van der Waals surface area (Å²) in [7, 11) is 0. The Kier molecular flexibility index (Phi) is 3.60. The molecule has 3 atom stereocenters. The van der Waals surface area contributed by atoms with Crippen molar-refractivity contribution >= 4 is 6.09 Å². The quantitative estimate of drug-likeness (QED) is 0.619. The summed E-state index contributed by atoms with van der Waals surface area (Å²) in [5.41, 5.74) is -0.605. The lowest BCUT2D eigenvalue weighted by molar-refractivity contribution is -0.0652. The molecule has 2 aliphatic rings. The molecule has 0 spiro atoms. The fourth-order valence-electron chi connectivity index (χ4n) is 2.92. The number of nitrogens with zero attached hydrogens (tertiary/aromatic N) is 1. The SMILES string of the molecule is C=CC[C@H]1NC[C@@]2(F)CC[C@@H]1N2C(=O)OC(C)(C)C. The van der Waals surface area contributed by atoms with Crippen LogP contribution in [-0.4, -0.2) is 41.0 Å². The molecule has 108 valence electrons. The minimum Gasteiger partial charge on any atom is -0.444 e. The molecule has 0 aromatic rings. The topological polar surface area (TPSA) is 41.6 Å². The molecule has 0 saturated carbocycles. The van der Waals surface area contributed by atoms with Gasteiger partial charge in [0.1, 0.15) is 5.60 Å². The molecule has 0 aromatic carbocycles. The number of fused-ring (bicyclic) bond motifs is 2. The fourth-order valence-corrected chi connectivity index (χ4v) is 2.92. The zero-order chi connectivity index (χ0) is 14.3. The number of nitrogens with one attached hydrogen (secondary N) is 1. The number of carbonyl (C=O) groups excluding carboxylic acids is 1. The number of amides is 1. The smallest absolute Gasteiger partial charge is 0.413 e. The largest absolute Gasteiger partial charge is 0.444 e. The molecule has 0 aliphatic carbocycles. The zero-order valence-corrected chi connectivity index (χ0v) is 11.9. The first kappa shape index (κ1) is 14.3. The summed E-state index contributed by atoms with van der Waals surface area (Å²) in [6.07, 6.45) is 3.01. The van der Waals surface area contributed by atoms with Crippen LogP contribution >= 0.6 is 0 Å². The van der Waals surface area contributed by atoms with Gasteiger partial charge in [0.2, 0.25) is 0 Å². The molecule has 2 rings (SSSR count). The van der Waals surface area contributed by atoms with E-state index in [-0.39, 0.29) is 18.6 Å². The van der Waals surface area contributed by atoms with Gasteiger partial charge in [0.15, 0.2) is 5.79 Å². The average Bonchev–Trinajstić information content (AvgIpc) is 2.52. The number of rotatable bonds is 2. The second kappa shape index (κ2) is 4.78. The summed E-state index contributed by atoms with van der Waals surface area (Å²) in [5.74, 6) is -1.61. The number of piperazine rings is 1. The third-order valence-corrected chi connectivity index (χ3v) is 3.70. The van der Waals surface area contributed by atoms with E-state index in [4.69, 9.17) is 4.74 Å². The van der Waals surface area contributed by atoms with E-state index >= 15 is 0 Å². The number of alkyl halides is 1. The molecule has 0 radical (unpaired) electrons. The molecule has 2 aliphatic heterocycles. The molecular formula is C14H23FN2O2. The summed E-state index contributed by atoms with van der Waals surface area (Å²) in [6, 6.07) is -0.0806. The van der Waals surface area contributed by atoms with Crippen molar-refractivity contribution in [3.63, 3.8) is 0 Å². The van der Waals surface area contributed by atoms with E-state index in [0.717, 1.165) is 6.42 Å². The summed E-state index contributed by atoms with van der Waals surface area (Å²) < 4.78 is 20.1. The van der Waals surface area contributed by atoms with Crippen LogP contribution in [0.5, 0.6) is 0 Å². The van der Waals surface area contributed by atoms with Gasteiger partial charge in [-0.3, -0.25) is 4.90 Å². The van der Waals surface area contributed by atoms with Gasteiger partial charge in [-0.1, -0.05) is 6.08 Å². The number of carbonyl (C=O) groups is 1. The highest BCUT2D eigenvalue weighted by molar-refractivity contribution is 5.70. The van der Waals surface area contributed by atoms with Gasteiger partial charge in [-0.15, -0.1) is 6.58 Å². The second-order valence-corrected chi connectivity index (χ2v) is 6.39. The first-order valence-corrected chi connectivity index (χ1v) is 6.82. The Morgan fingerprint density at radius 3 is 2.89 bits per heavy atom. The van der Waals surface area contributed by atoms with Gasteiger partial charge in [0.25, 0.3) is 0 Å². The van der Waals surface area contributed by atoms with Crippen LogP contribution in [0.2, 0.25) is 0 Å². The number of hydrogen-bond donors (Lipinski definition) is 1. The number of hydrogen-bond acceptors (Lipinski definition) is 3. The van der Waals surface area contributed by atoms with Crippen molar-refractivity contribution in [1.29, 1.82) is 0 Å². The number of halogens is 1. The standard InChI is InChI=1S/C14H23FN2O2/c1-5-6-10-11-7-8-14(15,9-16-10)17(11)12(18)19-13(2,3)4/h5,10-11,16H,1,6-9H2,2-4H3/t10-,11+,14-/m1/s1. The maximum atomic E-state index is 14.8. The van der Waals surface area contributed by atoms with Gasteiger partial charge < -0.3 is 10.1 Å². The van der Waals surface area contributed by atoms with E-state index in [9.17, 15) is 9.18 Å². The second-order valence-electron chi connectivity index (χ2n) is 6.39. The Hall–Kier alpha value is -1.10. The predicted octanol–water partition coefficient (Wildman–Crippen LogP) is 2.60. The third kappa shape index (κ3) is 2.76. The Morgan fingerprint density at radius 1 is 1.63 bits per heavy atom. The van der Waals surface area contributed by atoms with Gasteiger partial charge in [-0.2, -0.15) is 0 Å². The van der Waals surface area contributed by atoms with Gasteiger partial charge >= 0.3 is 6.09 Å². The van der Waals surface area contributed by atoms with Crippen LogP contribution in [0, 0.1) is 0 Å². The van der Waals surface area contributed by atoms with Crippen molar-refractivity contribution in [3.05, 3.63) is 12.7 Å². The Labute approximate surface area is 114 Å². The Balaban J connectivity index is 2.17. The third-order valence-electron chi connectivity index (χ3n) is 3.70. The minimum atomic E-state index is -1.61. The monoisotopic (exact) mass is 270 g/mol. The molecule has 4 nitrogen and oxygen atoms in total. The van der Waals surface area contributed by atoms with E-state index in [2.05, 4.69) is 11.9 Å². The van der Waals surface area contributed by atoms with Crippen LogP contribution in [-0.2, 0) is 4.74 Å². The van der Waals surface area contributed by atoms with Crippen molar-refractivity contribution in [3.8, 4) is 0 Å². The van der Waals surface area contributed by atoms with Gasteiger partial charge in [-0.25, -0.2) is 9.18 Å². The van der Waals surface area contributed by atoms with Gasteiger partial charge in [0, 0.05) is 19.0 Å². The summed E-state index contributed by atoms with van der Waals surface area (Å²) in [6.45, 7) is 9.26. The van der Waals surface area contributed by atoms with Crippen LogP contribution in [0.4, 0.5) is 9.18 Å². The summed E-state index contributed by atoms with van der Waals surface area (Å²) in [5, 5.41) is 3.17. The van der Waals surface area contributed by atoms with Crippen LogP contribution in [0.15, 0.2) is 12.7 Å². The fraction of sp³-hybridized carbons (Fsp3) is 0.786. The maximum absolute atomic E-state index is 14.8. The van der Waals surface area contributed by atoms with Crippen molar-refractivity contribution in [2.24, 2.45) is 0 Å². The average molecular weight is 270 g/mol.